The summed E-state index contributed by atoms with van der Waals surface area (Å²) in [6.45, 7) is 2.07. The van der Waals surface area contributed by atoms with E-state index < -0.39 is 0 Å². The molecule has 1 aromatic heterocycles. The summed E-state index contributed by atoms with van der Waals surface area (Å²) >= 11 is 6.12. The Morgan fingerprint density at radius 2 is 2.11 bits per heavy atom. The number of hydrogen-bond acceptors (Lipinski definition) is 3. The van der Waals surface area contributed by atoms with E-state index in [4.69, 9.17) is 22.1 Å². The number of nitrogens with zero attached hydrogens (tertiary/aromatic N) is 2. The first-order valence-corrected chi connectivity index (χ1v) is 6.10. The Morgan fingerprint density at radius 1 is 1.39 bits per heavy atom. The number of aromatic nitrogens is 2. The molecule has 0 atom stereocenters. The zero-order valence-corrected chi connectivity index (χ0v) is 11.5. The van der Waals surface area contributed by atoms with Gasteiger partial charge < -0.3 is 10.5 Å². The van der Waals surface area contributed by atoms with Crippen LogP contribution in [0.25, 0.3) is 11.1 Å². The van der Waals surface area contributed by atoms with Crippen molar-refractivity contribution in [3.05, 3.63) is 28.9 Å². The van der Waals surface area contributed by atoms with Crippen molar-refractivity contribution < 1.29 is 4.74 Å². The third-order valence-electron chi connectivity index (χ3n) is 3.02. The SMILES string of the molecule is CCc1c(OC)cc(Cl)cc1-c1cnn(C)c1N. The van der Waals surface area contributed by atoms with E-state index in [9.17, 15) is 0 Å². The van der Waals surface area contributed by atoms with Crippen molar-refractivity contribution in [2.75, 3.05) is 12.8 Å². The largest absolute Gasteiger partial charge is 0.496 e. The Hall–Kier alpha value is -1.68. The summed E-state index contributed by atoms with van der Waals surface area (Å²) in [5.41, 5.74) is 8.96. The molecule has 1 aromatic carbocycles. The average molecular weight is 266 g/mol. The van der Waals surface area contributed by atoms with Gasteiger partial charge in [-0.1, -0.05) is 18.5 Å². The molecule has 0 fully saturated rings. The highest BCUT2D eigenvalue weighted by atomic mass is 35.5. The zero-order valence-electron chi connectivity index (χ0n) is 10.7. The minimum atomic E-state index is 0.619. The number of nitrogen functional groups attached to an aromatic ring is 1. The van der Waals surface area contributed by atoms with E-state index in [2.05, 4.69) is 12.0 Å². The number of methoxy groups -OCH3 is 1. The molecule has 0 radical (unpaired) electrons. The van der Waals surface area contributed by atoms with Gasteiger partial charge in [-0.2, -0.15) is 5.10 Å². The quantitative estimate of drug-likeness (QED) is 0.928. The van der Waals surface area contributed by atoms with Crippen LogP contribution in [0.15, 0.2) is 18.3 Å². The molecule has 0 unspecified atom stereocenters. The fourth-order valence-corrected chi connectivity index (χ4v) is 2.26. The summed E-state index contributed by atoms with van der Waals surface area (Å²) in [5, 5.41) is 4.79. The second-order valence-electron chi connectivity index (χ2n) is 4.05. The molecule has 0 amide bonds. The van der Waals surface area contributed by atoms with Crippen LogP contribution >= 0.6 is 11.6 Å². The maximum atomic E-state index is 6.12. The minimum absolute atomic E-state index is 0.619. The van der Waals surface area contributed by atoms with Gasteiger partial charge in [0.05, 0.1) is 13.3 Å². The molecule has 0 aliphatic rings. The highest BCUT2D eigenvalue weighted by molar-refractivity contribution is 6.31. The van der Waals surface area contributed by atoms with Gasteiger partial charge in [-0.05, 0) is 24.1 Å². The van der Waals surface area contributed by atoms with Crippen LogP contribution in [0.5, 0.6) is 5.75 Å². The number of ether oxygens (including phenoxy) is 1. The van der Waals surface area contributed by atoms with Crippen LogP contribution in [0.4, 0.5) is 5.82 Å². The minimum Gasteiger partial charge on any atom is -0.496 e. The monoisotopic (exact) mass is 265 g/mol. The molecule has 1 heterocycles. The van der Waals surface area contributed by atoms with Crippen molar-refractivity contribution in [3.8, 4) is 16.9 Å². The molecular weight excluding hydrogens is 250 g/mol. The van der Waals surface area contributed by atoms with E-state index in [0.29, 0.717) is 10.8 Å². The molecule has 96 valence electrons. The lowest BCUT2D eigenvalue weighted by Crippen LogP contribution is -2.00. The number of rotatable bonds is 3. The predicted octanol–water partition coefficient (Wildman–Crippen LogP) is 2.89. The van der Waals surface area contributed by atoms with E-state index in [-0.39, 0.29) is 0 Å². The maximum Gasteiger partial charge on any atom is 0.129 e. The van der Waals surface area contributed by atoms with Gasteiger partial charge in [-0.25, -0.2) is 0 Å². The Bertz CT molecular complexity index is 578. The van der Waals surface area contributed by atoms with Crippen LogP contribution < -0.4 is 10.5 Å². The van der Waals surface area contributed by atoms with Crippen molar-refractivity contribution in [2.45, 2.75) is 13.3 Å². The van der Waals surface area contributed by atoms with E-state index in [0.717, 1.165) is 28.9 Å². The molecule has 2 aromatic rings. The number of nitrogens with two attached hydrogens (primary N) is 1. The molecule has 0 spiro atoms. The van der Waals surface area contributed by atoms with Gasteiger partial charge >= 0.3 is 0 Å². The average Bonchev–Trinajstić information content (AvgIpc) is 2.69. The Labute approximate surface area is 111 Å². The van der Waals surface area contributed by atoms with Crippen molar-refractivity contribution >= 4 is 17.4 Å². The summed E-state index contributed by atoms with van der Waals surface area (Å²) < 4.78 is 7.01. The van der Waals surface area contributed by atoms with E-state index in [1.54, 1.807) is 18.0 Å². The van der Waals surface area contributed by atoms with Crippen molar-refractivity contribution in [1.82, 2.24) is 9.78 Å². The van der Waals surface area contributed by atoms with Crippen LogP contribution in [0.1, 0.15) is 12.5 Å². The smallest absolute Gasteiger partial charge is 0.129 e. The summed E-state index contributed by atoms with van der Waals surface area (Å²) in [6, 6.07) is 3.72. The summed E-state index contributed by atoms with van der Waals surface area (Å²) in [5.74, 6) is 1.40. The second kappa shape index (κ2) is 4.90. The molecule has 2 rings (SSSR count). The number of benzene rings is 1. The van der Waals surface area contributed by atoms with Crippen LogP contribution in [0.2, 0.25) is 5.02 Å². The maximum absolute atomic E-state index is 6.12. The van der Waals surface area contributed by atoms with Gasteiger partial charge in [0.1, 0.15) is 11.6 Å². The lowest BCUT2D eigenvalue weighted by molar-refractivity contribution is 0.410. The molecule has 0 aliphatic carbocycles. The van der Waals surface area contributed by atoms with Crippen LogP contribution in [0, 0.1) is 0 Å². The first-order valence-electron chi connectivity index (χ1n) is 5.72. The van der Waals surface area contributed by atoms with E-state index in [1.807, 2.05) is 19.2 Å². The number of hydrogen-bond donors (Lipinski definition) is 1. The van der Waals surface area contributed by atoms with Gasteiger partial charge in [0.2, 0.25) is 0 Å². The topological polar surface area (TPSA) is 53.1 Å². The fourth-order valence-electron chi connectivity index (χ4n) is 2.05. The third-order valence-corrected chi connectivity index (χ3v) is 3.24. The lowest BCUT2D eigenvalue weighted by Gasteiger charge is -2.13. The predicted molar refractivity (Wildman–Crippen MR) is 74.0 cm³/mol. The third kappa shape index (κ3) is 2.04. The molecular formula is C13H16ClN3O. The summed E-state index contributed by atoms with van der Waals surface area (Å²) in [7, 11) is 3.45. The second-order valence-corrected chi connectivity index (χ2v) is 4.49. The van der Waals surface area contributed by atoms with Crippen LogP contribution in [0.3, 0.4) is 0 Å². The molecule has 0 saturated carbocycles. The van der Waals surface area contributed by atoms with Gasteiger partial charge in [-0.15, -0.1) is 0 Å². The number of halogens is 1. The Kier molecular flexibility index (Phi) is 3.48. The first kappa shape index (κ1) is 12.8. The van der Waals surface area contributed by atoms with E-state index >= 15 is 0 Å². The molecule has 0 saturated heterocycles. The Balaban J connectivity index is 2.70. The lowest BCUT2D eigenvalue weighted by atomic mass is 9.99. The number of anilines is 1. The van der Waals surface area contributed by atoms with Crippen molar-refractivity contribution in [2.24, 2.45) is 7.05 Å². The fraction of sp³-hybridized carbons (Fsp3) is 0.308. The molecule has 0 bridgehead atoms. The van der Waals surface area contributed by atoms with Crippen molar-refractivity contribution in [3.63, 3.8) is 0 Å². The molecule has 18 heavy (non-hydrogen) atoms. The van der Waals surface area contributed by atoms with Gasteiger partial charge in [-0.3, -0.25) is 4.68 Å². The molecule has 5 heteroatoms. The van der Waals surface area contributed by atoms with Crippen LogP contribution in [-0.4, -0.2) is 16.9 Å². The van der Waals surface area contributed by atoms with Gasteiger partial charge in [0.25, 0.3) is 0 Å². The highest BCUT2D eigenvalue weighted by Crippen LogP contribution is 2.36. The van der Waals surface area contributed by atoms with Gasteiger partial charge in [0.15, 0.2) is 0 Å². The van der Waals surface area contributed by atoms with Crippen LogP contribution in [-0.2, 0) is 13.5 Å². The zero-order chi connectivity index (χ0) is 13.3. The number of aryl methyl sites for hydroxylation is 1. The normalized spacial score (nSPS) is 10.7. The molecule has 0 aliphatic heterocycles. The van der Waals surface area contributed by atoms with Crippen molar-refractivity contribution in [1.29, 1.82) is 0 Å². The Morgan fingerprint density at radius 3 is 2.61 bits per heavy atom. The van der Waals surface area contributed by atoms with Gasteiger partial charge in [0, 0.05) is 23.2 Å². The summed E-state index contributed by atoms with van der Waals surface area (Å²) in [4.78, 5) is 0. The molecule has 2 N–H and O–H groups in total. The first-order chi connectivity index (χ1) is 8.58. The summed E-state index contributed by atoms with van der Waals surface area (Å²) in [6.07, 6.45) is 2.59. The molecule has 4 nitrogen and oxygen atoms in total. The van der Waals surface area contributed by atoms with E-state index in [1.165, 1.54) is 0 Å². The standard InChI is InChI=1S/C13H16ClN3O/c1-4-9-10(5-8(14)6-12(9)18-3)11-7-16-17(2)13(11)15/h5-7H,4,15H2,1-3H3. The highest BCUT2D eigenvalue weighted by Gasteiger charge is 2.15.